The third kappa shape index (κ3) is 5.09. The maximum atomic E-state index is 14.2. The predicted molar refractivity (Wildman–Crippen MR) is 118 cm³/mol. The van der Waals surface area contributed by atoms with Crippen LogP contribution in [-0.2, 0) is 4.79 Å². The SMILES string of the molecule is O=C1C(NC2(CC(O)COc3ccccc3F)CCNCC2)CCN1c1ccccc1F. The number of para-hydroxylation sites is 2. The van der Waals surface area contributed by atoms with E-state index in [4.69, 9.17) is 4.74 Å². The zero-order valence-corrected chi connectivity index (χ0v) is 17.9. The lowest BCUT2D eigenvalue weighted by Gasteiger charge is -2.41. The van der Waals surface area contributed by atoms with E-state index in [2.05, 4.69) is 10.6 Å². The molecule has 0 aliphatic carbocycles. The quantitative estimate of drug-likeness (QED) is 0.583. The van der Waals surface area contributed by atoms with Gasteiger partial charge in [-0.2, -0.15) is 0 Å². The highest BCUT2D eigenvalue weighted by Gasteiger charge is 2.41. The van der Waals surface area contributed by atoms with Crippen LogP contribution in [0.4, 0.5) is 14.5 Å². The Morgan fingerprint density at radius 3 is 2.53 bits per heavy atom. The monoisotopic (exact) mass is 445 g/mol. The Morgan fingerprint density at radius 2 is 1.81 bits per heavy atom. The number of halogens is 2. The number of hydrogen-bond acceptors (Lipinski definition) is 5. The molecule has 0 radical (unpaired) electrons. The predicted octanol–water partition coefficient (Wildman–Crippen LogP) is 2.61. The Hall–Kier alpha value is -2.55. The fraction of sp³-hybridized carbons (Fsp3) is 0.458. The molecule has 2 unspecified atom stereocenters. The molecule has 32 heavy (non-hydrogen) atoms. The molecular formula is C24H29F2N3O3. The van der Waals surface area contributed by atoms with Crippen LogP contribution in [0.3, 0.4) is 0 Å². The van der Waals surface area contributed by atoms with Crippen molar-refractivity contribution in [1.82, 2.24) is 10.6 Å². The second kappa shape index (κ2) is 9.94. The molecule has 2 aromatic rings. The molecule has 2 heterocycles. The van der Waals surface area contributed by atoms with Gasteiger partial charge in [0.15, 0.2) is 11.6 Å². The van der Waals surface area contributed by atoms with Gasteiger partial charge in [-0.05, 0) is 63.0 Å². The first-order chi connectivity index (χ1) is 15.5. The zero-order chi connectivity index (χ0) is 22.6. The Balaban J connectivity index is 1.41. The molecule has 3 N–H and O–H groups in total. The van der Waals surface area contributed by atoms with Crippen molar-refractivity contribution < 1.29 is 23.4 Å². The number of anilines is 1. The van der Waals surface area contributed by atoms with Crippen molar-refractivity contribution in [2.75, 3.05) is 31.1 Å². The average Bonchev–Trinajstić information content (AvgIpc) is 3.13. The van der Waals surface area contributed by atoms with Crippen molar-refractivity contribution in [3.63, 3.8) is 0 Å². The molecule has 0 bridgehead atoms. The van der Waals surface area contributed by atoms with Crippen molar-refractivity contribution in [2.45, 2.75) is 43.4 Å². The summed E-state index contributed by atoms with van der Waals surface area (Å²) < 4.78 is 33.5. The molecule has 0 aromatic heterocycles. The Kier molecular flexibility index (Phi) is 7.03. The van der Waals surface area contributed by atoms with E-state index in [0.29, 0.717) is 25.1 Å². The number of nitrogens with one attached hydrogen (secondary N) is 2. The average molecular weight is 446 g/mol. The summed E-state index contributed by atoms with van der Waals surface area (Å²) in [7, 11) is 0. The minimum atomic E-state index is -0.834. The fourth-order valence-electron chi connectivity index (χ4n) is 4.66. The second-order valence-corrected chi connectivity index (χ2v) is 8.56. The van der Waals surface area contributed by atoms with Crippen molar-refractivity contribution in [1.29, 1.82) is 0 Å². The maximum absolute atomic E-state index is 14.2. The number of piperidine rings is 1. The Bertz CT molecular complexity index is 936. The number of aliphatic hydroxyl groups excluding tert-OH is 1. The van der Waals surface area contributed by atoms with Crippen LogP contribution in [0.15, 0.2) is 48.5 Å². The maximum Gasteiger partial charge on any atom is 0.244 e. The van der Waals surface area contributed by atoms with E-state index in [-0.39, 0.29) is 18.3 Å². The molecule has 8 heteroatoms. The molecule has 2 aliphatic heterocycles. The second-order valence-electron chi connectivity index (χ2n) is 8.56. The van der Waals surface area contributed by atoms with Gasteiger partial charge in [0.25, 0.3) is 0 Å². The topological polar surface area (TPSA) is 73.8 Å². The number of ether oxygens (including phenoxy) is 1. The number of amides is 1. The zero-order valence-electron chi connectivity index (χ0n) is 17.9. The summed E-state index contributed by atoms with van der Waals surface area (Å²) in [4.78, 5) is 14.5. The van der Waals surface area contributed by atoms with Crippen LogP contribution in [0, 0.1) is 11.6 Å². The number of benzene rings is 2. The summed E-state index contributed by atoms with van der Waals surface area (Å²) in [5.41, 5.74) is -0.172. The van der Waals surface area contributed by atoms with Crippen LogP contribution in [0.5, 0.6) is 5.75 Å². The first-order valence-corrected chi connectivity index (χ1v) is 11.1. The van der Waals surface area contributed by atoms with Gasteiger partial charge in [0.05, 0.1) is 17.8 Å². The molecule has 0 spiro atoms. The Labute approximate surface area is 186 Å². The van der Waals surface area contributed by atoms with Crippen LogP contribution >= 0.6 is 0 Å². The summed E-state index contributed by atoms with van der Waals surface area (Å²) >= 11 is 0. The van der Waals surface area contributed by atoms with Crippen LogP contribution in [0.1, 0.15) is 25.7 Å². The van der Waals surface area contributed by atoms with Crippen LogP contribution < -0.4 is 20.3 Å². The van der Waals surface area contributed by atoms with Crippen molar-refractivity contribution in [3.05, 3.63) is 60.2 Å². The number of rotatable bonds is 8. The first kappa shape index (κ1) is 22.6. The van der Waals surface area contributed by atoms with Gasteiger partial charge in [-0.15, -0.1) is 0 Å². The third-order valence-corrected chi connectivity index (χ3v) is 6.28. The molecule has 2 atom stereocenters. The highest BCUT2D eigenvalue weighted by Crippen LogP contribution is 2.30. The van der Waals surface area contributed by atoms with Gasteiger partial charge in [0.1, 0.15) is 12.4 Å². The van der Waals surface area contributed by atoms with Gasteiger partial charge in [-0.3, -0.25) is 4.79 Å². The van der Waals surface area contributed by atoms with E-state index >= 15 is 0 Å². The molecule has 2 fully saturated rings. The lowest BCUT2D eigenvalue weighted by atomic mass is 9.82. The highest BCUT2D eigenvalue weighted by molar-refractivity contribution is 5.99. The lowest BCUT2D eigenvalue weighted by Crippen LogP contribution is -2.59. The van der Waals surface area contributed by atoms with E-state index in [1.54, 1.807) is 30.3 Å². The van der Waals surface area contributed by atoms with Gasteiger partial charge < -0.3 is 25.4 Å². The summed E-state index contributed by atoms with van der Waals surface area (Å²) in [6, 6.07) is 11.9. The van der Waals surface area contributed by atoms with E-state index in [1.807, 2.05) is 0 Å². The molecule has 1 amide bonds. The third-order valence-electron chi connectivity index (χ3n) is 6.28. The molecule has 172 valence electrons. The lowest BCUT2D eigenvalue weighted by molar-refractivity contribution is -0.119. The van der Waals surface area contributed by atoms with Gasteiger partial charge in [0, 0.05) is 12.1 Å². The van der Waals surface area contributed by atoms with E-state index in [0.717, 1.165) is 25.9 Å². The van der Waals surface area contributed by atoms with Crippen molar-refractivity contribution in [3.8, 4) is 5.75 Å². The summed E-state index contributed by atoms with van der Waals surface area (Å²) in [5.74, 6) is -0.950. The van der Waals surface area contributed by atoms with Crippen molar-refractivity contribution in [2.24, 2.45) is 0 Å². The van der Waals surface area contributed by atoms with Gasteiger partial charge in [-0.1, -0.05) is 24.3 Å². The minimum absolute atomic E-state index is 0.0439. The highest BCUT2D eigenvalue weighted by atomic mass is 19.1. The first-order valence-electron chi connectivity index (χ1n) is 11.1. The summed E-state index contributed by atoms with van der Waals surface area (Å²) in [5, 5.41) is 17.5. The number of aliphatic hydroxyl groups is 1. The van der Waals surface area contributed by atoms with Crippen molar-refractivity contribution >= 4 is 11.6 Å². The van der Waals surface area contributed by atoms with E-state index in [1.165, 1.54) is 23.1 Å². The van der Waals surface area contributed by atoms with Gasteiger partial charge in [0.2, 0.25) is 5.91 Å². The number of carbonyl (C=O) groups excluding carboxylic acids is 1. The van der Waals surface area contributed by atoms with E-state index < -0.39 is 29.3 Å². The summed E-state index contributed by atoms with van der Waals surface area (Å²) in [6.07, 6.45) is 1.55. The van der Waals surface area contributed by atoms with Crippen LogP contribution in [-0.4, -0.2) is 54.9 Å². The molecule has 6 nitrogen and oxygen atoms in total. The normalized spacial score (nSPS) is 21.5. The molecule has 2 aliphatic rings. The number of carbonyl (C=O) groups is 1. The molecule has 2 saturated heterocycles. The largest absolute Gasteiger partial charge is 0.488 e. The van der Waals surface area contributed by atoms with Crippen LogP contribution in [0.2, 0.25) is 0 Å². The van der Waals surface area contributed by atoms with Gasteiger partial charge in [-0.25, -0.2) is 8.78 Å². The number of nitrogens with zero attached hydrogens (tertiary/aromatic N) is 1. The molecular weight excluding hydrogens is 416 g/mol. The molecule has 2 aromatic carbocycles. The molecule has 0 saturated carbocycles. The van der Waals surface area contributed by atoms with E-state index in [9.17, 15) is 18.7 Å². The van der Waals surface area contributed by atoms with Gasteiger partial charge >= 0.3 is 0 Å². The fourth-order valence-corrected chi connectivity index (χ4v) is 4.66. The number of hydrogen-bond donors (Lipinski definition) is 3. The minimum Gasteiger partial charge on any atom is -0.488 e. The standard InChI is InChI=1S/C24H29F2N3O3/c25-18-5-1-3-7-21(18)29-14-9-20(23(29)31)28-24(10-12-27-13-11-24)15-17(30)16-32-22-8-4-2-6-19(22)26/h1-8,17,20,27-28,30H,9-16H2. The van der Waals surface area contributed by atoms with Crippen LogP contribution in [0.25, 0.3) is 0 Å². The Morgan fingerprint density at radius 1 is 1.12 bits per heavy atom. The summed E-state index contributed by atoms with van der Waals surface area (Å²) in [6.45, 7) is 1.90. The molecule has 4 rings (SSSR count). The smallest absolute Gasteiger partial charge is 0.244 e.